The van der Waals surface area contributed by atoms with E-state index < -0.39 is 151 Å². The molecule has 0 spiro atoms. The minimum atomic E-state index is -1.69. The third-order valence-corrected chi connectivity index (χ3v) is 16.5. The molecule has 3 aliphatic heterocycles. The summed E-state index contributed by atoms with van der Waals surface area (Å²) >= 11 is 0. The average Bonchev–Trinajstić information content (AvgIpc) is 3.55. The Morgan fingerprint density at radius 2 is 1.48 bits per heavy atom. The lowest BCUT2D eigenvalue weighted by Gasteiger charge is -2.64. The second-order valence-electron chi connectivity index (χ2n) is 20.2. The molecule has 3 saturated carbocycles. The van der Waals surface area contributed by atoms with E-state index in [0.717, 1.165) is 5.57 Å². The highest BCUT2D eigenvalue weighted by molar-refractivity contribution is 5.88. The summed E-state index contributed by atoms with van der Waals surface area (Å²) in [7, 11) is 1.33. The monoisotopic (exact) mass is 940 g/mol. The van der Waals surface area contributed by atoms with E-state index >= 15 is 0 Å². The number of allylic oxidation sites excluding steroid dienone is 2. The van der Waals surface area contributed by atoms with Crippen LogP contribution in [0.15, 0.2) is 23.3 Å². The fourth-order valence-electron chi connectivity index (χ4n) is 12.8. The van der Waals surface area contributed by atoms with Crippen LogP contribution in [0.3, 0.4) is 0 Å². The Bertz CT molecular complexity index is 1830. The lowest BCUT2D eigenvalue weighted by molar-refractivity contribution is -0.370. The molecular weight excluding hydrogens is 868 g/mol. The van der Waals surface area contributed by atoms with Gasteiger partial charge in [-0.1, -0.05) is 31.6 Å². The number of carbonyl (C=O) groups excluding carboxylic acids is 3. The number of methoxy groups -OCH3 is 1. The lowest BCUT2D eigenvalue weighted by Crippen LogP contribution is -2.72. The number of Topliss-reactive ketones (excluding diaryl/α,β-unsaturated/α-hetero) is 1. The molecule has 0 aromatic rings. The molecule has 0 radical (unpaired) electrons. The van der Waals surface area contributed by atoms with E-state index in [0.29, 0.717) is 44.1 Å². The van der Waals surface area contributed by atoms with Crippen molar-refractivity contribution in [2.75, 3.05) is 13.7 Å². The van der Waals surface area contributed by atoms with Gasteiger partial charge in [0.1, 0.15) is 66.8 Å². The summed E-state index contributed by atoms with van der Waals surface area (Å²) in [5.41, 5.74) is -1.87. The van der Waals surface area contributed by atoms with Gasteiger partial charge in [-0.05, 0) is 84.5 Å². The normalized spacial score (nSPS) is 49.5. The molecule has 0 aromatic heterocycles. The fourth-order valence-corrected chi connectivity index (χ4v) is 12.8. The number of aliphatic hydroxyl groups is 7. The van der Waals surface area contributed by atoms with Crippen molar-refractivity contribution in [3.63, 3.8) is 0 Å². The smallest absolute Gasteiger partial charge is 0.333 e. The third-order valence-electron chi connectivity index (χ3n) is 16.5. The maximum absolute atomic E-state index is 13.6. The van der Waals surface area contributed by atoms with E-state index in [9.17, 15) is 50.1 Å². The van der Waals surface area contributed by atoms with Gasteiger partial charge in [-0.2, -0.15) is 0 Å². The molecule has 7 N–H and O–H groups in total. The number of fused-ring (bicyclic) bond motifs is 5. The van der Waals surface area contributed by atoms with E-state index in [4.69, 9.17) is 42.6 Å². The van der Waals surface area contributed by atoms with Crippen LogP contribution in [0.2, 0.25) is 0 Å². The quantitative estimate of drug-likeness (QED) is 0.0812. The van der Waals surface area contributed by atoms with Crippen LogP contribution in [0.5, 0.6) is 0 Å². The van der Waals surface area contributed by atoms with Gasteiger partial charge < -0.3 is 78.4 Å². The molecule has 4 aliphatic carbocycles. The summed E-state index contributed by atoms with van der Waals surface area (Å²) in [4.78, 5) is 39.8. The minimum Gasteiger partial charge on any atom is -0.458 e. The predicted octanol–water partition coefficient (Wildman–Crippen LogP) is 0.871. The topological polar surface area (TPSA) is 276 Å². The number of ether oxygens (including phenoxy) is 9. The van der Waals surface area contributed by atoms with Gasteiger partial charge >= 0.3 is 11.9 Å². The molecule has 19 heteroatoms. The molecule has 19 nitrogen and oxygen atoms in total. The van der Waals surface area contributed by atoms with E-state index in [1.807, 2.05) is 6.92 Å². The number of carbonyl (C=O) groups is 3. The summed E-state index contributed by atoms with van der Waals surface area (Å²) in [5, 5.41) is 76.5. The molecule has 6 fully saturated rings. The molecule has 0 amide bonds. The fraction of sp³-hybridized carbons (Fsp3) is 0.851. The minimum absolute atomic E-state index is 0.0254. The van der Waals surface area contributed by atoms with Gasteiger partial charge in [-0.3, -0.25) is 9.59 Å². The highest BCUT2D eigenvalue weighted by atomic mass is 16.8. The van der Waals surface area contributed by atoms with E-state index in [1.165, 1.54) is 21.0 Å². The summed E-state index contributed by atoms with van der Waals surface area (Å²) in [5.74, 6) is -2.79. The van der Waals surface area contributed by atoms with Crippen molar-refractivity contribution >= 4 is 17.7 Å². The zero-order valence-electron chi connectivity index (χ0n) is 39.4. The van der Waals surface area contributed by atoms with E-state index in [1.54, 1.807) is 33.8 Å². The van der Waals surface area contributed by atoms with Crippen molar-refractivity contribution in [1.29, 1.82) is 0 Å². The first-order valence-electron chi connectivity index (χ1n) is 23.5. The molecular formula is C47H72O19. The van der Waals surface area contributed by atoms with Crippen molar-refractivity contribution in [3.05, 3.63) is 23.3 Å². The Morgan fingerprint density at radius 1 is 0.818 bits per heavy atom. The van der Waals surface area contributed by atoms with Crippen molar-refractivity contribution in [1.82, 2.24) is 0 Å². The number of hydrogen-bond donors (Lipinski definition) is 7. The van der Waals surface area contributed by atoms with E-state index in [-0.39, 0.29) is 18.3 Å². The van der Waals surface area contributed by atoms with Crippen LogP contribution < -0.4 is 0 Å². The summed E-state index contributed by atoms with van der Waals surface area (Å²) in [6, 6.07) is 0. The van der Waals surface area contributed by atoms with Crippen molar-refractivity contribution in [2.24, 2.45) is 28.6 Å². The summed E-state index contributed by atoms with van der Waals surface area (Å²) in [6.45, 7) is 12.7. The highest BCUT2D eigenvalue weighted by Crippen LogP contribution is 2.69. The van der Waals surface area contributed by atoms with Gasteiger partial charge in [0.15, 0.2) is 18.9 Å². The van der Waals surface area contributed by atoms with Gasteiger partial charge in [-0.25, -0.2) is 4.79 Å². The Labute approximate surface area is 385 Å². The largest absolute Gasteiger partial charge is 0.458 e. The maximum Gasteiger partial charge on any atom is 0.333 e. The Balaban J connectivity index is 1.02. The van der Waals surface area contributed by atoms with Crippen LogP contribution >= 0.6 is 0 Å². The molecule has 7 rings (SSSR count). The summed E-state index contributed by atoms with van der Waals surface area (Å²) in [6.07, 6.45) is -13.0. The number of esters is 2. The maximum atomic E-state index is 13.6. The molecule has 374 valence electrons. The van der Waals surface area contributed by atoms with E-state index in [2.05, 4.69) is 13.0 Å². The van der Waals surface area contributed by atoms with Gasteiger partial charge in [0.25, 0.3) is 0 Å². The first-order valence-corrected chi connectivity index (χ1v) is 23.5. The molecule has 23 atom stereocenters. The molecule has 66 heavy (non-hydrogen) atoms. The molecule has 3 saturated heterocycles. The van der Waals surface area contributed by atoms with Gasteiger partial charge in [0.2, 0.25) is 0 Å². The predicted molar refractivity (Wildman–Crippen MR) is 227 cm³/mol. The molecule has 0 unspecified atom stereocenters. The zero-order chi connectivity index (χ0) is 48.4. The highest BCUT2D eigenvalue weighted by Gasteiger charge is 2.75. The second-order valence-corrected chi connectivity index (χ2v) is 20.2. The first-order chi connectivity index (χ1) is 31.1. The first kappa shape index (κ1) is 51.4. The van der Waals surface area contributed by atoms with Gasteiger partial charge in [-0.15, -0.1) is 0 Å². The number of hydrogen-bond acceptors (Lipinski definition) is 19. The van der Waals surface area contributed by atoms with Crippen molar-refractivity contribution in [2.45, 2.75) is 210 Å². The Morgan fingerprint density at radius 3 is 2.11 bits per heavy atom. The lowest BCUT2D eigenvalue weighted by atomic mass is 9.44. The van der Waals surface area contributed by atoms with Crippen LogP contribution in [0.4, 0.5) is 0 Å². The average molecular weight is 941 g/mol. The number of rotatable bonds is 12. The van der Waals surface area contributed by atoms with Crippen LogP contribution in [-0.4, -0.2) is 177 Å². The van der Waals surface area contributed by atoms with Crippen LogP contribution in [0.25, 0.3) is 0 Å². The second kappa shape index (κ2) is 19.7. The number of aliphatic hydroxyl groups excluding tert-OH is 6. The third kappa shape index (κ3) is 8.86. The standard InChI is InChI=1S/C47H72O19/c1-10-20(2)42(56)66-41-39(61-24(6)50)32-28(47(57)16-14-27(21(3)49)46(41,47)8)12-11-25-17-26(13-15-45(25,32)7)62-31-18-29(51)37(22(4)59-31)64-44-36(55)40(58-9)38(23(5)60-44)65-43-35(54)34(53)33(52)30(19-48)63-43/h10-11,22-23,26-41,43-44,48,51-55,57H,12-19H2,1-9H3/b20-10+/t22-,23-,26+,27-,28-,29-,30-,31+,32-,33-,34+,35-,36-,37-,38-,39+,40+,41-,43+,44+,45+,46+,47+/m1/s1. The zero-order valence-corrected chi connectivity index (χ0v) is 39.4. The Kier molecular flexibility index (Phi) is 15.4. The molecule has 0 bridgehead atoms. The molecule has 7 aliphatic rings. The van der Waals surface area contributed by atoms with Crippen LogP contribution in [-0.2, 0) is 57.0 Å². The number of ketones is 1. The SMILES string of the molecule is C/C=C(\C)C(=O)O[C@@H]1[C@@H](OC(C)=O)[C@H]2[C@@H](CC=C3C[C@@H](O[C@H]4C[C@@H](O)[C@H](O[C@@H]5O[C@H](C)[C@@H](O[C@@H]6O[C@H](CO)[C@@H](O)[C@H](O)[C@H]6O)[C@@H](OC)[C@H]5O)[C@@H](C)O4)CC[C@@]32C)[C@@]2(O)CC[C@H](C(C)=O)[C@@]12C. The van der Waals surface area contributed by atoms with Crippen molar-refractivity contribution < 1.29 is 92.8 Å². The summed E-state index contributed by atoms with van der Waals surface area (Å²) < 4.78 is 54.6. The molecule has 3 heterocycles. The van der Waals surface area contributed by atoms with Crippen molar-refractivity contribution in [3.8, 4) is 0 Å². The van der Waals surface area contributed by atoms with Crippen LogP contribution in [0, 0.1) is 28.6 Å². The van der Waals surface area contributed by atoms with Gasteiger partial charge in [0, 0.05) is 43.3 Å². The van der Waals surface area contributed by atoms with Gasteiger partial charge in [0.05, 0.1) is 36.6 Å². The molecule has 0 aromatic carbocycles. The van der Waals surface area contributed by atoms with Crippen LogP contribution in [0.1, 0.15) is 100 Å². The Hall–Kier alpha value is -2.47.